The summed E-state index contributed by atoms with van der Waals surface area (Å²) in [4.78, 5) is 22.9. The number of ether oxygens (including phenoxy) is 2. The molecule has 0 aromatic carbocycles. The molecule has 0 aliphatic heterocycles. The first kappa shape index (κ1) is 23.4. The summed E-state index contributed by atoms with van der Waals surface area (Å²) in [6, 6.07) is -1.84. The molecular formula is C12H24N2O8S2. The molecule has 24 heavy (non-hydrogen) atoms. The number of nitrogens with two attached hydrogens (primary N) is 2. The van der Waals surface area contributed by atoms with Crippen LogP contribution in [0.2, 0.25) is 0 Å². The lowest BCUT2D eigenvalue weighted by atomic mass is 10.3. The Hall–Kier alpha value is -0.600. The van der Waals surface area contributed by atoms with Crippen LogP contribution in [0.4, 0.5) is 0 Å². The fourth-order valence-electron chi connectivity index (χ4n) is 1.06. The minimum absolute atomic E-state index is 0.198. The second-order valence-electron chi connectivity index (χ2n) is 4.71. The molecule has 10 nitrogen and oxygen atoms in total. The molecule has 2 unspecified atom stereocenters. The zero-order valence-corrected chi connectivity index (χ0v) is 14.6. The normalized spacial score (nSPS) is 16.1. The van der Waals surface area contributed by atoms with Gasteiger partial charge < -0.3 is 41.4 Å². The molecule has 0 aromatic heterocycles. The fourth-order valence-corrected chi connectivity index (χ4v) is 3.27. The molecule has 4 atom stereocenters. The van der Waals surface area contributed by atoms with Crippen LogP contribution < -0.4 is 11.5 Å². The Morgan fingerprint density at radius 2 is 1.17 bits per heavy atom. The summed E-state index contributed by atoms with van der Waals surface area (Å²) in [5, 5.41) is 35.3. The Balaban J connectivity index is 3.82. The lowest BCUT2D eigenvalue weighted by molar-refractivity contribution is -0.149. The lowest BCUT2D eigenvalue weighted by Gasteiger charge is -2.14. The molecule has 12 heteroatoms. The smallest absolute Gasteiger partial charge is 0.323 e. The standard InChI is InChI=1S/C12H24N2O8S2/c13-9(11(19)21-3-7(17)1-15)5-23-24-6-10(14)12(20)22-4-8(18)2-16/h7-10,15-18H,1-6,13-14H2/t7?,8?,9-,10-/m0/s1. The van der Waals surface area contributed by atoms with Gasteiger partial charge in [0.25, 0.3) is 0 Å². The van der Waals surface area contributed by atoms with Gasteiger partial charge in [-0.2, -0.15) is 0 Å². The Labute approximate surface area is 147 Å². The number of esters is 2. The summed E-state index contributed by atoms with van der Waals surface area (Å²) >= 11 is 0. The van der Waals surface area contributed by atoms with Crippen LogP contribution >= 0.6 is 21.6 Å². The lowest BCUT2D eigenvalue weighted by Crippen LogP contribution is -2.37. The van der Waals surface area contributed by atoms with E-state index < -0.39 is 49.4 Å². The predicted molar refractivity (Wildman–Crippen MR) is 89.0 cm³/mol. The average molecular weight is 388 g/mol. The number of rotatable bonds is 13. The van der Waals surface area contributed by atoms with Crippen molar-refractivity contribution >= 4 is 33.5 Å². The first-order valence-corrected chi connectivity index (χ1v) is 9.47. The Morgan fingerprint density at radius 1 is 0.833 bits per heavy atom. The topological polar surface area (TPSA) is 186 Å². The molecule has 8 N–H and O–H groups in total. The average Bonchev–Trinajstić information content (AvgIpc) is 2.59. The van der Waals surface area contributed by atoms with Crippen molar-refractivity contribution in [3.8, 4) is 0 Å². The highest BCUT2D eigenvalue weighted by Crippen LogP contribution is 2.22. The minimum Gasteiger partial charge on any atom is -0.462 e. The van der Waals surface area contributed by atoms with Gasteiger partial charge in [0.1, 0.15) is 37.5 Å². The second-order valence-corrected chi connectivity index (χ2v) is 7.27. The third kappa shape index (κ3) is 11.0. The van der Waals surface area contributed by atoms with Gasteiger partial charge in [-0.1, -0.05) is 21.6 Å². The van der Waals surface area contributed by atoms with E-state index in [1.807, 2.05) is 0 Å². The molecular weight excluding hydrogens is 364 g/mol. The molecule has 0 aliphatic carbocycles. The van der Waals surface area contributed by atoms with Crippen LogP contribution in [0.25, 0.3) is 0 Å². The van der Waals surface area contributed by atoms with Crippen LogP contribution in [-0.2, 0) is 19.1 Å². The molecule has 0 radical (unpaired) electrons. The highest BCUT2D eigenvalue weighted by molar-refractivity contribution is 8.76. The van der Waals surface area contributed by atoms with Gasteiger partial charge >= 0.3 is 11.9 Å². The molecule has 0 heterocycles. The van der Waals surface area contributed by atoms with E-state index in [0.717, 1.165) is 0 Å². The maximum Gasteiger partial charge on any atom is 0.323 e. The van der Waals surface area contributed by atoms with Gasteiger partial charge in [-0.25, -0.2) is 0 Å². The molecule has 0 saturated heterocycles. The molecule has 0 saturated carbocycles. The zero-order chi connectivity index (χ0) is 18.5. The molecule has 0 aliphatic rings. The van der Waals surface area contributed by atoms with Crippen molar-refractivity contribution in [2.45, 2.75) is 24.3 Å². The summed E-state index contributed by atoms with van der Waals surface area (Å²) in [6.45, 7) is -1.71. The van der Waals surface area contributed by atoms with Gasteiger partial charge in [0.05, 0.1) is 13.2 Å². The molecule has 0 fully saturated rings. The Morgan fingerprint density at radius 3 is 1.46 bits per heavy atom. The fraction of sp³-hybridized carbons (Fsp3) is 0.833. The summed E-state index contributed by atoms with van der Waals surface area (Å²) in [6.07, 6.45) is -2.28. The summed E-state index contributed by atoms with van der Waals surface area (Å²) < 4.78 is 9.40. The number of aliphatic hydroxyl groups excluding tert-OH is 4. The second kappa shape index (κ2) is 13.7. The SMILES string of the molecule is N[C@@H](CSSC[C@H](N)C(=O)OCC(O)CO)C(=O)OCC(O)CO. The van der Waals surface area contributed by atoms with Crippen molar-refractivity contribution in [2.24, 2.45) is 11.5 Å². The predicted octanol–water partition coefficient (Wildman–Crippen LogP) is -3.18. The molecule has 0 spiro atoms. The van der Waals surface area contributed by atoms with Crippen molar-refractivity contribution in [1.82, 2.24) is 0 Å². The van der Waals surface area contributed by atoms with Crippen molar-refractivity contribution in [3.63, 3.8) is 0 Å². The zero-order valence-electron chi connectivity index (χ0n) is 12.9. The van der Waals surface area contributed by atoms with Crippen LogP contribution in [-0.4, -0.2) is 94.6 Å². The van der Waals surface area contributed by atoms with Crippen LogP contribution in [0, 0.1) is 0 Å². The van der Waals surface area contributed by atoms with Gasteiger partial charge in [-0.05, 0) is 0 Å². The van der Waals surface area contributed by atoms with Gasteiger partial charge in [-0.3, -0.25) is 9.59 Å². The summed E-state index contributed by atoms with van der Waals surface area (Å²) in [7, 11) is 2.41. The Kier molecular flexibility index (Phi) is 13.3. The van der Waals surface area contributed by atoms with Gasteiger partial charge in [0.15, 0.2) is 0 Å². The third-order valence-corrected chi connectivity index (χ3v) is 4.92. The quantitative estimate of drug-likeness (QED) is 0.106. The van der Waals surface area contributed by atoms with Crippen LogP contribution in [0.5, 0.6) is 0 Å². The number of hydrogen-bond donors (Lipinski definition) is 6. The first-order chi connectivity index (χ1) is 11.3. The molecule has 0 rings (SSSR count). The van der Waals surface area contributed by atoms with E-state index in [2.05, 4.69) is 0 Å². The van der Waals surface area contributed by atoms with E-state index in [1.165, 1.54) is 21.6 Å². The van der Waals surface area contributed by atoms with Gasteiger partial charge in [0.2, 0.25) is 0 Å². The maximum absolute atomic E-state index is 11.5. The number of aliphatic hydroxyl groups is 4. The number of hydrogen-bond acceptors (Lipinski definition) is 12. The highest BCUT2D eigenvalue weighted by atomic mass is 33.1. The van der Waals surface area contributed by atoms with E-state index in [9.17, 15) is 9.59 Å². The van der Waals surface area contributed by atoms with Crippen LogP contribution in [0.15, 0.2) is 0 Å². The summed E-state index contributed by atoms with van der Waals surface area (Å²) in [5.41, 5.74) is 11.2. The molecule has 0 bridgehead atoms. The van der Waals surface area contributed by atoms with Gasteiger partial charge in [-0.15, -0.1) is 0 Å². The molecule has 0 amide bonds. The van der Waals surface area contributed by atoms with Crippen molar-refractivity contribution in [2.75, 3.05) is 37.9 Å². The van der Waals surface area contributed by atoms with E-state index in [4.69, 9.17) is 41.4 Å². The molecule has 0 aromatic rings. The number of carbonyl (C=O) groups is 2. The highest BCUT2D eigenvalue weighted by Gasteiger charge is 2.19. The van der Waals surface area contributed by atoms with Crippen LogP contribution in [0.1, 0.15) is 0 Å². The Bertz CT molecular complexity index is 343. The van der Waals surface area contributed by atoms with Crippen LogP contribution in [0.3, 0.4) is 0 Å². The van der Waals surface area contributed by atoms with E-state index in [1.54, 1.807) is 0 Å². The maximum atomic E-state index is 11.5. The first-order valence-electron chi connectivity index (χ1n) is 6.98. The van der Waals surface area contributed by atoms with Crippen molar-refractivity contribution < 1.29 is 39.5 Å². The van der Waals surface area contributed by atoms with E-state index in [0.29, 0.717) is 0 Å². The third-order valence-electron chi connectivity index (χ3n) is 2.44. The molecule has 142 valence electrons. The summed E-state index contributed by atoms with van der Waals surface area (Å²) in [5.74, 6) is -1.03. The largest absolute Gasteiger partial charge is 0.462 e. The van der Waals surface area contributed by atoms with Crippen molar-refractivity contribution in [3.05, 3.63) is 0 Å². The van der Waals surface area contributed by atoms with Gasteiger partial charge in [0, 0.05) is 11.5 Å². The van der Waals surface area contributed by atoms with E-state index >= 15 is 0 Å². The number of carbonyl (C=O) groups excluding carboxylic acids is 2. The monoisotopic (exact) mass is 388 g/mol. The van der Waals surface area contributed by atoms with E-state index in [-0.39, 0.29) is 24.7 Å². The minimum atomic E-state index is -1.14. The van der Waals surface area contributed by atoms with Crippen molar-refractivity contribution in [1.29, 1.82) is 0 Å².